The van der Waals surface area contributed by atoms with Crippen molar-refractivity contribution in [3.63, 3.8) is 0 Å². The van der Waals surface area contributed by atoms with Gasteiger partial charge in [0.05, 0.1) is 12.2 Å². The highest BCUT2D eigenvalue weighted by Gasteiger charge is 2.06. The highest BCUT2D eigenvalue weighted by Crippen LogP contribution is 2.06. The molecular formula is C12H17N5. The monoisotopic (exact) mass is 231 g/mol. The van der Waals surface area contributed by atoms with E-state index in [1.54, 1.807) is 6.07 Å². The summed E-state index contributed by atoms with van der Waals surface area (Å²) in [6, 6.07) is 5.69. The lowest BCUT2D eigenvalue weighted by Crippen LogP contribution is -2.20. The predicted octanol–water partition coefficient (Wildman–Crippen LogP) is 1.03. The van der Waals surface area contributed by atoms with Crippen LogP contribution in [0.25, 0.3) is 0 Å². The van der Waals surface area contributed by atoms with Crippen molar-refractivity contribution in [2.45, 2.75) is 13.1 Å². The van der Waals surface area contributed by atoms with E-state index in [-0.39, 0.29) is 0 Å². The molecule has 0 saturated heterocycles. The first-order chi connectivity index (χ1) is 8.15. The van der Waals surface area contributed by atoms with Crippen LogP contribution in [0, 0.1) is 0 Å². The van der Waals surface area contributed by atoms with E-state index < -0.39 is 0 Å². The lowest BCUT2D eigenvalue weighted by Gasteiger charge is -2.15. The van der Waals surface area contributed by atoms with Crippen molar-refractivity contribution in [1.82, 2.24) is 19.4 Å². The average Bonchev–Trinajstić information content (AvgIpc) is 2.64. The molecule has 2 aromatic heterocycles. The zero-order valence-corrected chi connectivity index (χ0v) is 10.2. The number of hydrogen-bond acceptors (Lipinski definition) is 4. The molecule has 0 amide bonds. The fraction of sp³-hybridized carbons (Fsp3) is 0.333. The molecule has 0 unspecified atom stereocenters. The first kappa shape index (κ1) is 11.6. The largest absolute Gasteiger partial charge is 0.384 e. The molecule has 5 nitrogen and oxygen atoms in total. The van der Waals surface area contributed by atoms with Crippen LogP contribution in [0.1, 0.15) is 11.5 Å². The van der Waals surface area contributed by atoms with Gasteiger partial charge in [-0.25, -0.2) is 9.97 Å². The van der Waals surface area contributed by atoms with Crippen LogP contribution in [0.3, 0.4) is 0 Å². The highest BCUT2D eigenvalue weighted by molar-refractivity contribution is 5.28. The van der Waals surface area contributed by atoms with Gasteiger partial charge in [-0.05, 0) is 19.2 Å². The standard InChI is InChI=1S/C12H17N5/c1-16(9-12-14-6-7-17(12)2)8-10-4-3-5-11(13)15-10/h3-7H,8-9H2,1-2H3,(H2,13,15). The summed E-state index contributed by atoms with van der Waals surface area (Å²) in [5.74, 6) is 1.60. The Bertz CT molecular complexity index is 491. The first-order valence-corrected chi connectivity index (χ1v) is 5.51. The van der Waals surface area contributed by atoms with Gasteiger partial charge in [0.25, 0.3) is 0 Å². The molecule has 2 rings (SSSR count). The second-order valence-corrected chi connectivity index (χ2v) is 4.18. The molecule has 0 atom stereocenters. The van der Waals surface area contributed by atoms with Gasteiger partial charge in [-0.15, -0.1) is 0 Å². The molecule has 0 aliphatic carbocycles. The van der Waals surface area contributed by atoms with E-state index >= 15 is 0 Å². The maximum absolute atomic E-state index is 5.65. The molecule has 17 heavy (non-hydrogen) atoms. The van der Waals surface area contributed by atoms with Crippen molar-refractivity contribution in [2.75, 3.05) is 12.8 Å². The summed E-state index contributed by atoms with van der Waals surface area (Å²) < 4.78 is 2.02. The van der Waals surface area contributed by atoms with Crippen LogP contribution in [0.2, 0.25) is 0 Å². The molecule has 0 radical (unpaired) electrons. The van der Waals surface area contributed by atoms with Crippen LogP contribution < -0.4 is 5.73 Å². The molecule has 0 aromatic carbocycles. The Morgan fingerprint density at radius 1 is 1.35 bits per heavy atom. The zero-order chi connectivity index (χ0) is 12.3. The summed E-state index contributed by atoms with van der Waals surface area (Å²) in [5.41, 5.74) is 6.62. The molecule has 0 bridgehead atoms. The van der Waals surface area contributed by atoms with Gasteiger partial charge in [0.2, 0.25) is 0 Å². The molecule has 2 aromatic rings. The maximum atomic E-state index is 5.65. The number of imidazole rings is 1. The van der Waals surface area contributed by atoms with E-state index in [2.05, 4.69) is 14.9 Å². The Morgan fingerprint density at radius 3 is 2.82 bits per heavy atom. The number of hydrogen-bond donors (Lipinski definition) is 1. The van der Waals surface area contributed by atoms with E-state index in [0.717, 1.165) is 24.6 Å². The van der Waals surface area contributed by atoms with Crippen molar-refractivity contribution in [1.29, 1.82) is 0 Å². The van der Waals surface area contributed by atoms with E-state index in [4.69, 9.17) is 5.73 Å². The molecule has 2 N–H and O–H groups in total. The normalized spacial score (nSPS) is 11.0. The minimum Gasteiger partial charge on any atom is -0.384 e. The topological polar surface area (TPSA) is 60.0 Å². The van der Waals surface area contributed by atoms with Gasteiger partial charge in [-0.1, -0.05) is 6.07 Å². The smallest absolute Gasteiger partial charge is 0.123 e. The lowest BCUT2D eigenvalue weighted by atomic mass is 10.3. The molecule has 90 valence electrons. The first-order valence-electron chi connectivity index (χ1n) is 5.51. The number of anilines is 1. The Morgan fingerprint density at radius 2 is 2.18 bits per heavy atom. The van der Waals surface area contributed by atoms with Crippen molar-refractivity contribution in [2.24, 2.45) is 7.05 Å². The number of aromatic nitrogens is 3. The van der Waals surface area contributed by atoms with E-state index in [9.17, 15) is 0 Å². The van der Waals surface area contributed by atoms with Gasteiger partial charge in [-0.3, -0.25) is 4.90 Å². The maximum Gasteiger partial charge on any atom is 0.123 e. The summed E-state index contributed by atoms with van der Waals surface area (Å²) in [6.45, 7) is 1.55. The quantitative estimate of drug-likeness (QED) is 0.853. The fourth-order valence-corrected chi connectivity index (χ4v) is 1.71. The third-order valence-electron chi connectivity index (χ3n) is 2.59. The Balaban J connectivity index is 1.98. The fourth-order valence-electron chi connectivity index (χ4n) is 1.71. The lowest BCUT2D eigenvalue weighted by molar-refractivity contribution is 0.303. The van der Waals surface area contributed by atoms with Crippen LogP contribution in [-0.2, 0) is 20.1 Å². The number of nitrogens with two attached hydrogens (primary N) is 1. The zero-order valence-electron chi connectivity index (χ0n) is 10.2. The van der Waals surface area contributed by atoms with Gasteiger partial charge in [-0.2, -0.15) is 0 Å². The van der Waals surface area contributed by atoms with Crippen molar-refractivity contribution in [3.05, 3.63) is 42.1 Å². The van der Waals surface area contributed by atoms with Gasteiger partial charge in [0, 0.05) is 26.0 Å². The van der Waals surface area contributed by atoms with Crippen LogP contribution in [0.4, 0.5) is 5.82 Å². The van der Waals surface area contributed by atoms with Gasteiger partial charge in [0.1, 0.15) is 11.6 Å². The number of aryl methyl sites for hydroxylation is 1. The molecule has 5 heteroatoms. The number of rotatable bonds is 4. The number of pyridine rings is 1. The Labute approximate surface area is 101 Å². The molecule has 0 aliphatic heterocycles. The van der Waals surface area contributed by atoms with Gasteiger partial charge >= 0.3 is 0 Å². The van der Waals surface area contributed by atoms with Crippen molar-refractivity contribution < 1.29 is 0 Å². The van der Waals surface area contributed by atoms with E-state index in [0.29, 0.717) is 5.82 Å². The Kier molecular flexibility index (Phi) is 3.39. The van der Waals surface area contributed by atoms with Crippen molar-refractivity contribution >= 4 is 5.82 Å². The van der Waals surface area contributed by atoms with E-state index in [1.165, 1.54) is 0 Å². The van der Waals surface area contributed by atoms with Crippen LogP contribution in [0.5, 0.6) is 0 Å². The second-order valence-electron chi connectivity index (χ2n) is 4.18. The van der Waals surface area contributed by atoms with Crippen LogP contribution in [0.15, 0.2) is 30.6 Å². The number of nitrogen functional groups attached to an aromatic ring is 1. The average molecular weight is 231 g/mol. The van der Waals surface area contributed by atoms with E-state index in [1.807, 2.05) is 43.2 Å². The summed E-state index contributed by atoms with van der Waals surface area (Å²) in [6.07, 6.45) is 3.75. The van der Waals surface area contributed by atoms with Gasteiger partial charge in [0.15, 0.2) is 0 Å². The summed E-state index contributed by atoms with van der Waals surface area (Å²) in [7, 11) is 4.04. The van der Waals surface area contributed by atoms with Crippen LogP contribution in [-0.4, -0.2) is 26.5 Å². The Hall–Kier alpha value is -1.88. The summed E-state index contributed by atoms with van der Waals surface area (Å²) in [4.78, 5) is 10.7. The highest BCUT2D eigenvalue weighted by atomic mass is 15.2. The summed E-state index contributed by atoms with van der Waals surface area (Å²) >= 11 is 0. The minimum atomic E-state index is 0.563. The SMILES string of the molecule is CN(Cc1cccc(N)n1)Cc1nccn1C. The summed E-state index contributed by atoms with van der Waals surface area (Å²) in [5, 5.41) is 0. The third-order valence-corrected chi connectivity index (χ3v) is 2.59. The third kappa shape index (κ3) is 3.04. The predicted molar refractivity (Wildman–Crippen MR) is 67.0 cm³/mol. The molecule has 2 heterocycles. The van der Waals surface area contributed by atoms with Gasteiger partial charge < -0.3 is 10.3 Å². The van der Waals surface area contributed by atoms with Crippen LogP contribution >= 0.6 is 0 Å². The molecule has 0 spiro atoms. The second kappa shape index (κ2) is 4.97. The number of nitrogens with zero attached hydrogens (tertiary/aromatic N) is 4. The molecule has 0 fully saturated rings. The molecule has 0 saturated carbocycles. The minimum absolute atomic E-state index is 0.563. The molecular weight excluding hydrogens is 214 g/mol. The molecule has 0 aliphatic rings. The van der Waals surface area contributed by atoms with Crippen molar-refractivity contribution in [3.8, 4) is 0 Å².